The minimum Gasteiger partial charge on any atom is -0.147 e. The molecule has 0 bridgehead atoms. The first-order chi connectivity index (χ1) is 11.9. The van der Waals surface area contributed by atoms with E-state index in [2.05, 4.69) is 56.4 Å². The van der Waals surface area contributed by atoms with Gasteiger partial charge < -0.3 is 0 Å². The van der Waals surface area contributed by atoms with Gasteiger partial charge in [-0.25, -0.2) is 0 Å². The number of fused-ring (bicyclic) bond motifs is 2. The minimum absolute atomic E-state index is 0.752. The lowest BCUT2D eigenvalue weighted by Crippen LogP contribution is -1.95. The highest BCUT2D eigenvalue weighted by Gasteiger charge is 2.25. The highest BCUT2D eigenvalue weighted by atomic mass is 15.0. The van der Waals surface area contributed by atoms with E-state index >= 15 is 0 Å². The lowest BCUT2D eigenvalue weighted by molar-refractivity contribution is 1.08. The summed E-state index contributed by atoms with van der Waals surface area (Å²) in [5, 5.41) is 4.61. The summed E-state index contributed by atoms with van der Waals surface area (Å²) in [6.07, 6.45) is 8.39. The molecular weight excluding hydrogens is 296 g/mol. The summed E-state index contributed by atoms with van der Waals surface area (Å²) in [7, 11) is 0. The molecule has 3 aromatic carbocycles. The second-order valence-electron chi connectivity index (χ2n) is 5.67. The molecule has 0 aromatic heterocycles. The van der Waals surface area contributed by atoms with Crippen molar-refractivity contribution in [2.75, 3.05) is 0 Å². The molecule has 0 radical (unpaired) electrons. The summed E-state index contributed by atoms with van der Waals surface area (Å²) in [5.41, 5.74) is 2.08. The summed E-state index contributed by atoms with van der Waals surface area (Å²) in [4.78, 5) is 17.4. The quantitative estimate of drug-likeness (QED) is 0.508. The predicted octanol–water partition coefficient (Wildman–Crippen LogP) is 3.98. The van der Waals surface area contributed by atoms with Crippen molar-refractivity contribution in [2.45, 2.75) is 0 Å². The molecule has 2 heterocycles. The van der Waals surface area contributed by atoms with Crippen LogP contribution >= 0.6 is 0 Å². The summed E-state index contributed by atoms with van der Waals surface area (Å²) in [6, 6.07) is 16.8. The Hall–Kier alpha value is -3.40. The van der Waals surface area contributed by atoms with Gasteiger partial charge >= 0.3 is 0 Å². The van der Waals surface area contributed by atoms with Crippen molar-refractivity contribution in [3.63, 3.8) is 0 Å². The van der Waals surface area contributed by atoms with Crippen LogP contribution in [-0.2, 0) is 0 Å². The van der Waals surface area contributed by atoms with E-state index in [1.54, 1.807) is 24.9 Å². The van der Waals surface area contributed by atoms with Crippen molar-refractivity contribution in [1.29, 1.82) is 0 Å². The number of benzene rings is 3. The molecule has 24 heavy (non-hydrogen) atoms. The molecular formula is C20H12N4+2. The Labute approximate surface area is 139 Å². The van der Waals surface area contributed by atoms with Crippen LogP contribution < -0.4 is 0 Å². The first-order valence-electron chi connectivity index (χ1n) is 7.74. The van der Waals surface area contributed by atoms with E-state index in [1.807, 2.05) is 12.1 Å². The molecule has 0 saturated heterocycles. The standard InChI is InChI=1S/C20H12N4/c1-3-13-11-14-4-2-6-16(20-23-9-10-24-20)18(14)12-17(13)15(5-1)19-21-7-8-22-19/h1-12H/q+2. The molecule has 4 heteroatoms. The maximum Gasteiger partial charge on any atom is 0.243 e. The zero-order valence-corrected chi connectivity index (χ0v) is 12.7. The van der Waals surface area contributed by atoms with Crippen molar-refractivity contribution < 1.29 is 0 Å². The van der Waals surface area contributed by atoms with Gasteiger partial charge in [0, 0.05) is 29.0 Å². The van der Waals surface area contributed by atoms with Crippen molar-refractivity contribution in [1.82, 2.24) is 0 Å². The summed E-state index contributed by atoms with van der Waals surface area (Å²) >= 11 is 0. The fourth-order valence-electron chi connectivity index (χ4n) is 3.20. The maximum absolute atomic E-state index is 4.35. The topological polar surface area (TPSA) is 49.4 Å². The molecule has 0 unspecified atom stereocenters. The maximum atomic E-state index is 4.35. The SMILES string of the molecule is C1=N[C+](c2cccc3cc4cccc([C+]5N=CC=N5)c4cc23)N=C1. The second kappa shape index (κ2) is 5.06. The molecule has 4 nitrogen and oxygen atoms in total. The van der Waals surface area contributed by atoms with E-state index in [9.17, 15) is 0 Å². The Kier molecular flexibility index (Phi) is 2.76. The molecule has 0 fully saturated rings. The molecule has 3 aromatic rings. The lowest BCUT2D eigenvalue weighted by Gasteiger charge is -2.06. The van der Waals surface area contributed by atoms with Gasteiger partial charge in [0.1, 0.15) is 36.0 Å². The fourth-order valence-corrected chi connectivity index (χ4v) is 3.20. The molecule has 0 N–H and O–H groups in total. The molecule has 0 spiro atoms. The van der Waals surface area contributed by atoms with Crippen molar-refractivity contribution in [2.24, 2.45) is 20.0 Å². The van der Waals surface area contributed by atoms with E-state index in [4.69, 9.17) is 0 Å². The predicted molar refractivity (Wildman–Crippen MR) is 100 cm³/mol. The first kappa shape index (κ1) is 13.1. The summed E-state index contributed by atoms with van der Waals surface area (Å²) in [6.45, 7) is 0. The Bertz CT molecular complexity index is 969. The average molecular weight is 308 g/mol. The Balaban J connectivity index is 1.81. The van der Waals surface area contributed by atoms with Crippen LogP contribution in [0.5, 0.6) is 0 Å². The monoisotopic (exact) mass is 308 g/mol. The average Bonchev–Trinajstić information content (AvgIpc) is 3.32. The van der Waals surface area contributed by atoms with Gasteiger partial charge in [0.15, 0.2) is 0 Å². The largest absolute Gasteiger partial charge is 0.243 e. The van der Waals surface area contributed by atoms with Crippen molar-refractivity contribution in [3.8, 4) is 0 Å². The number of hydrogen-bond acceptors (Lipinski definition) is 4. The molecule has 0 aliphatic carbocycles. The third kappa shape index (κ3) is 1.93. The van der Waals surface area contributed by atoms with E-state index in [-0.39, 0.29) is 0 Å². The normalized spacial score (nSPS) is 15.5. The zero-order valence-electron chi connectivity index (χ0n) is 12.7. The molecule has 0 atom stereocenters. The molecule has 0 amide bonds. The third-order valence-corrected chi connectivity index (χ3v) is 4.28. The molecule has 5 rings (SSSR count). The van der Waals surface area contributed by atoms with Crippen LogP contribution in [0, 0.1) is 12.3 Å². The van der Waals surface area contributed by atoms with Crippen LogP contribution in [0.1, 0.15) is 11.1 Å². The number of aliphatic imine (C=N–C) groups is 4. The number of nitrogens with zero attached hydrogens (tertiary/aromatic N) is 4. The zero-order chi connectivity index (χ0) is 15.9. The van der Waals surface area contributed by atoms with E-state index in [1.165, 1.54) is 10.8 Å². The van der Waals surface area contributed by atoms with Gasteiger partial charge in [0.05, 0.1) is 10.8 Å². The summed E-state index contributed by atoms with van der Waals surface area (Å²) in [5.74, 6) is 0. The second-order valence-corrected chi connectivity index (χ2v) is 5.67. The smallest absolute Gasteiger partial charge is 0.147 e. The molecule has 110 valence electrons. The third-order valence-electron chi connectivity index (χ3n) is 4.28. The lowest BCUT2D eigenvalue weighted by atomic mass is 9.95. The van der Waals surface area contributed by atoms with Crippen LogP contribution in [0.15, 0.2) is 68.5 Å². The van der Waals surface area contributed by atoms with E-state index < -0.39 is 0 Å². The van der Waals surface area contributed by atoms with Gasteiger partial charge in [-0.15, -0.1) is 20.0 Å². The fraction of sp³-hybridized carbons (Fsp3) is 0. The highest BCUT2D eigenvalue weighted by molar-refractivity contribution is 6.19. The number of hydrogen-bond donors (Lipinski definition) is 0. The first-order valence-corrected chi connectivity index (χ1v) is 7.74. The Morgan fingerprint density at radius 2 is 1.00 bits per heavy atom. The highest BCUT2D eigenvalue weighted by Crippen LogP contribution is 2.34. The van der Waals surface area contributed by atoms with Crippen molar-refractivity contribution in [3.05, 3.63) is 72.0 Å². The van der Waals surface area contributed by atoms with Gasteiger partial charge in [-0.1, -0.05) is 0 Å². The van der Waals surface area contributed by atoms with Crippen LogP contribution in [-0.4, -0.2) is 24.9 Å². The molecule has 2 aliphatic rings. The molecule has 0 saturated carbocycles. The Morgan fingerprint density at radius 3 is 1.46 bits per heavy atom. The summed E-state index contributed by atoms with van der Waals surface area (Å²) < 4.78 is 0. The number of rotatable bonds is 2. The van der Waals surface area contributed by atoms with Crippen LogP contribution in [0.4, 0.5) is 0 Å². The van der Waals surface area contributed by atoms with Gasteiger partial charge in [0.25, 0.3) is 0 Å². The van der Waals surface area contributed by atoms with Crippen LogP contribution in [0.3, 0.4) is 0 Å². The van der Waals surface area contributed by atoms with Gasteiger partial charge in [0.2, 0.25) is 12.3 Å². The van der Waals surface area contributed by atoms with Crippen LogP contribution in [0.2, 0.25) is 0 Å². The van der Waals surface area contributed by atoms with E-state index in [0.717, 1.165) is 34.2 Å². The van der Waals surface area contributed by atoms with E-state index in [0.29, 0.717) is 0 Å². The van der Waals surface area contributed by atoms with Gasteiger partial charge in [-0.2, -0.15) is 0 Å². The van der Waals surface area contributed by atoms with Crippen molar-refractivity contribution >= 4 is 46.4 Å². The van der Waals surface area contributed by atoms with Crippen LogP contribution in [0.25, 0.3) is 21.5 Å². The molecule has 2 aliphatic heterocycles. The van der Waals surface area contributed by atoms with Gasteiger partial charge in [-0.05, 0) is 30.3 Å². The van der Waals surface area contributed by atoms with Gasteiger partial charge in [-0.3, -0.25) is 0 Å². The minimum atomic E-state index is 0.752. The Morgan fingerprint density at radius 1 is 0.542 bits per heavy atom.